The second-order valence-corrected chi connectivity index (χ2v) is 7.35. The van der Waals surface area contributed by atoms with Crippen molar-refractivity contribution in [1.82, 2.24) is 15.5 Å². The van der Waals surface area contributed by atoms with Crippen molar-refractivity contribution in [3.63, 3.8) is 0 Å². The summed E-state index contributed by atoms with van der Waals surface area (Å²) in [5.74, 6) is 1.71. The van der Waals surface area contributed by atoms with Gasteiger partial charge in [0.2, 0.25) is 0 Å². The molecule has 0 spiro atoms. The Bertz CT molecular complexity index is 816. The number of ether oxygens (including phenoxy) is 1. The summed E-state index contributed by atoms with van der Waals surface area (Å²) in [6.07, 6.45) is 1.66. The minimum atomic E-state index is 0.0209. The molecule has 0 aliphatic rings. The third-order valence-electron chi connectivity index (χ3n) is 4.49. The van der Waals surface area contributed by atoms with Crippen LogP contribution in [0.3, 0.4) is 0 Å². The number of carbonyl (C=O) groups excluding carboxylic acids is 1. The number of amides is 1. The molecule has 30 heavy (non-hydrogen) atoms. The molecule has 2 aromatic carbocycles. The van der Waals surface area contributed by atoms with Gasteiger partial charge in [-0.2, -0.15) is 0 Å². The van der Waals surface area contributed by atoms with Crippen LogP contribution < -0.4 is 15.4 Å². The van der Waals surface area contributed by atoms with Crippen LogP contribution in [0.5, 0.6) is 5.75 Å². The van der Waals surface area contributed by atoms with Crippen LogP contribution in [0.1, 0.15) is 34.8 Å². The van der Waals surface area contributed by atoms with Gasteiger partial charge in [-0.15, -0.1) is 0 Å². The zero-order valence-corrected chi connectivity index (χ0v) is 18.6. The number of hydrogen-bond acceptors (Lipinski definition) is 3. The van der Waals surface area contributed by atoms with E-state index in [9.17, 15) is 4.79 Å². The van der Waals surface area contributed by atoms with E-state index in [2.05, 4.69) is 22.5 Å². The van der Waals surface area contributed by atoms with Crippen molar-refractivity contribution in [2.45, 2.75) is 26.7 Å². The fourth-order valence-electron chi connectivity index (χ4n) is 2.86. The normalized spacial score (nSPS) is 11.1. The number of carbonyl (C=O) groups is 1. The molecule has 0 aromatic heterocycles. The lowest BCUT2D eigenvalue weighted by atomic mass is 10.1. The van der Waals surface area contributed by atoms with Crippen LogP contribution in [0.15, 0.2) is 53.5 Å². The lowest BCUT2D eigenvalue weighted by Crippen LogP contribution is -2.38. The number of benzene rings is 2. The first-order chi connectivity index (χ1) is 14.5. The smallest absolute Gasteiger partial charge is 0.253 e. The lowest BCUT2D eigenvalue weighted by molar-refractivity contribution is 0.0827. The second-order valence-electron chi connectivity index (χ2n) is 7.35. The average molecular weight is 411 g/mol. The van der Waals surface area contributed by atoms with Crippen LogP contribution in [0.4, 0.5) is 0 Å². The molecule has 0 fully saturated rings. The van der Waals surface area contributed by atoms with Gasteiger partial charge >= 0.3 is 0 Å². The van der Waals surface area contributed by atoms with Gasteiger partial charge in [-0.1, -0.05) is 29.8 Å². The number of hydrogen-bond donors (Lipinski definition) is 2. The Kier molecular flexibility index (Phi) is 9.71. The minimum Gasteiger partial charge on any atom is -0.494 e. The van der Waals surface area contributed by atoms with Crippen LogP contribution in [0.2, 0.25) is 0 Å². The maximum Gasteiger partial charge on any atom is 0.253 e. The molecule has 0 aliphatic carbocycles. The summed E-state index contributed by atoms with van der Waals surface area (Å²) in [6, 6.07) is 15.9. The van der Waals surface area contributed by atoms with Crippen LogP contribution >= 0.6 is 0 Å². The molecule has 0 unspecified atom stereocenters. The molecule has 2 aromatic rings. The lowest BCUT2D eigenvalue weighted by Gasteiger charge is -2.13. The highest BCUT2D eigenvalue weighted by molar-refractivity contribution is 5.94. The topological polar surface area (TPSA) is 66.0 Å². The molecular weight excluding hydrogens is 376 g/mol. The first-order valence-electron chi connectivity index (χ1n) is 10.5. The number of guanidine groups is 1. The number of nitrogens with one attached hydrogen (secondary N) is 2. The monoisotopic (exact) mass is 410 g/mol. The van der Waals surface area contributed by atoms with E-state index in [4.69, 9.17) is 4.74 Å². The first-order valence-corrected chi connectivity index (χ1v) is 10.5. The van der Waals surface area contributed by atoms with Crippen LogP contribution in [0.25, 0.3) is 0 Å². The number of rotatable bonds is 10. The van der Waals surface area contributed by atoms with E-state index in [0.29, 0.717) is 18.7 Å². The second kappa shape index (κ2) is 12.5. The Hall–Kier alpha value is -3.02. The van der Waals surface area contributed by atoms with Gasteiger partial charge in [-0.25, -0.2) is 0 Å². The van der Waals surface area contributed by atoms with E-state index in [0.717, 1.165) is 43.2 Å². The van der Waals surface area contributed by atoms with Gasteiger partial charge in [0.1, 0.15) is 5.75 Å². The van der Waals surface area contributed by atoms with Crippen molar-refractivity contribution >= 4 is 11.9 Å². The number of aryl methyl sites for hydroxylation is 1. The molecule has 0 bridgehead atoms. The highest BCUT2D eigenvalue weighted by atomic mass is 16.5. The molecule has 2 rings (SSSR count). The van der Waals surface area contributed by atoms with Gasteiger partial charge in [0.25, 0.3) is 5.91 Å². The predicted molar refractivity (Wildman–Crippen MR) is 123 cm³/mol. The van der Waals surface area contributed by atoms with Crippen molar-refractivity contribution < 1.29 is 9.53 Å². The Labute approximate surface area is 180 Å². The molecular formula is C24H34N4O2. The third kappa shape index (κ3) is 8.15. The highest BCUT2D eigenvalue weighted by Crippen LogP contribution is 2.11. The van der Waals surface area contributed by atoms with Crippen LogP contribution in [-0.2, 0) is 6.42 Å². The van der Waals surface area contributed by atoms with E-state index in [1.807, 2.05) is 55.5 Å². The summed E-state index contributed by atoms with van der Waals surface area (Å²) in [7, 11) is 3.53. The summed E-state index contributed by atoms with van der Waals surface area (Å²) >= 11 is 0. The van der Waals surface area contributed by atoms with Crippen LogP contribution in [0, 0.1) is 6.92 Å². The van der Waals surface area contributed by atoms with E-state index in [1.165, 1.54) is 5.56 Å². The molecule has 0 radical (unpaired) electrons. The number of aliphatic imine (C=N–C) groups is 1. The Balaban J connectivity index is 1.76. The average Bonchev–Trinajstić information content (AvgIpc) is 2.74. The molecule has 0 atom stereocenters. The van der Waals surface area contributed by atoms with Gasteiger partial charge in [0, 0.05) is 45.7 Å². The molecule has 0 saturated carbocycles. The van der Waals surface area contributed by atoms with Crippen molar-refractivity contribution in [2.24, 2.45) is 4.99 Å². The summed E-state index contributed by atoms with van der Waals surface area (Å²) in [5.41, 5.74) is 3.06. The maximum atomic E-state index is 12.1. The zero-order chi connectivity index (χ0) is 21.8. The molecule has 6 heteroatoms. The van der Waals surface area contributed by atoms with Gasteiger partial charge < -0.3 is 20.3 Å². The maximum absolute atomic E-state index is 12.1. The first kappa shape index (κ1) is 23.3. The van der Waals surface area contributed by atoms with E-state index in [-0.39, 0.29) is 5.91 Å². The fraction of sp³-hybridized carbons (Fsp3) is 0.417. The Morgan fingerprint density at radius 2 is 1.87 bits per heavy atom. The quantitative estimate of drug-likeness (QED) is 0.358. The summed E-state index contributed by atoms with van der Waals surface area (Å²) in [5, 5.41) is 6.62. The van der Waals surface area contributed by atoms with Gasteiger partial charge in [0.05, 0.1) is 6.61 Å². The largest absolute Gasteiger partial charge is 0.494 e. The molecule has 2 N–H and O–H groups in total. The van der Waals surface area contributed by atoms with Gasteiger partial charge in [0.15, 0.2) is 5.96 Å². The molecule has 0 saturated heterocycles. The summed E-state index contributed by atoms with van der Waals surface area (Å²) in [4.78, 5) is 18.3. The Morgan fingerprint density at radius 3 is 2.57 bits per heavy atom. The fourth-order valence-corrected chi connectivity index (χ4v) is 2.86. The molecule has 0 aliphatic heterocycles. The third-order valence-corrected chi connectivity index (χ3v) is 4.49. The summed E-state index contributed by atoms with van der Waals surface area (Å²) < 4.78 is 5.75. The molecule has 162 valence electrons. The van der Waals surface area contributed by atoms with E-state index in [1.54, 1.807) is 19.0 Å². The van der Waals surface area contributed by atoms with Gasteiger partial charge in [-0.3, -0.25) is 9.79 Å². The van der Waals surface area contributed by atoms with Crippen molar-refractivity contribution in [2.75, 3.05) is 40.3 Å². The van der Waals surface area contributed by atoms with Crippen molar-refractivity contribution in [3.8, 4) is 5.75 Å². The van der Waals surface area contributed by atoms with Gasteiger partial charge in [-0.05, 0) is 50.1 Å². The summed E-state index contributed by atoms with van der Waals surface area (Å²) in [6.45, 7) is 6.98. The van der Waals surface area contributed by atoms with E-state index >= 15 is 0 Å². The van der Waals surface area contributed by atoms with Crippen molar-refractivity contribution in [1.29, 1.82) is 0 Å². The predicted octanol–water partition coefficient (Wildman–Crippen LogP) is 3.26. The van der Waals surface area contributed by atoms with Crippen molar-refractivity contribution in [3.05, 3.63) is 65.2 Å². The molecule has 1 amide bonds. The minimum absolute atomic E-state index is 0.0209. The molecule has 0 heterocycles. The number of nitrogens with zero attached hydrogens (tertiary/aromatic N) is 2. The standard InChI is InChI=1S/C24H34N4O2/c1-5-25-24(26-15-7-17-30-22-12-10-19(2)11-13-22)27-16-14-20-8-6-9-21(18-20)23(29)28(3)4/h6,8-13,18H,5,7,14-17H2,1-4H3,(H2,25,26,27). The zero-order valence-electron chi connectivity index (χ0n) is 18.6. The highest BCUT2D eigenvalue weighted by Gasteiger charge is 2.08. The SMILES string of the molecule is CCNC(=NCCCOc1ccc(C)cc1)NCCc1cccc(C(=O)N(C)C)c1. The molecule has 6 nitrogen and oxygen atoms in total. The van der Waals surface area contributed by atoms with Crippen LogP contribution in [-0.4, -0.2) is 57.1 Å². The van der Waals surface area contributed by atoms with E-state index < -0.39 is 0 Å². The Morgan fingerprint density at radius 1 is 1.10 bits per heavy atom.